The topological polar surface area (TPSA) is 71.9 Å². The van der Waals surface area contributed by atoms with Crippen molar-refractivity contribution < 1.29 is 31.1 Å². The van der Waals surface area contributed by atoms with Gasteiger partial charge in [0, 0.05) is 6.54 Å². The molecule has 1 aromatic heterocycles. The van der Waals surface area contributed by atoms with Crippen molar-refractivity contribution in [3.63, 3.8) is 0 Å². The Morgan fingerprint density at radius 1 is 1.03 bits per heavy atom. The number of H-pyrrole nitrogens is 1. The van der Waals surface area contributed by atoms with Crippen LogP contribution >= 0.6 is 0 Å². The SMILES string of the molecule is CC[C@]1(n2cn[nH]c2=O)CC[C@@](CO[C@H](C)c2cc(C(F)(F)F)cc(C(F)(F)F)c2)(c2ccccc2)NC1. The molecule has 3 atom stereocenters. The molecule has 1 aliphatic rings. The maximum absolute atomic E-state index is 13.4. The number of hydrogen-bond donors (Lipinski definition) is 2. The smallest absolute Gasteiger partial charge is 0.372 e. The van der Waals surface area contributed by atoms with E-state index in [2.05, 4.69) is 15.5 Å². The first-order valence-electron chi connectivity index (χ1n) is 12.1. The second-order valence-corrected chi connectivity index (χ2v) is 9.70. The molecule has 0 saturated carbocycles. The number of halogens is 6. The largest absolute Gasteiger partial charge is 0.416 e. The molecule has 12 heteroatoms. The molecule has 38 heavy (non-hydrogen) atoms. The maximum Gasteiger partial charge on any atom is 0.416 e. The second-order valence-electron chi connectivity index (χ2n) is 9.70. The van der Waals surface area contributed by atoms with Gasteiger partial charge in [-0.3, -0.25) is 4.57 Å². The van der Waals surface area contributed by atoms with Crippen molar-refractivity contribution in [3.8, 4) is 0 Å². The summed E-state index contributed by atoms with van der Waals surface area (Å²) in [5, 5.41) is 9.75. The molecule has 0 radical (unpaired) electrons. The minimum Gasteiger partial charge on any atom is -0.372 e. The molecule has 6 nitrogen and oxygen atoms in total. The van der Waals surface area contributed by atoms with Gasteiger partial charge in [-0.25, -0.2) is 9.89 Å². The lowest BCUT2D eigenvalue weighted by Gasteiger charge is -2.47. The Bertz CT molecular complexity index is 1260. The van der Waals surface area contributed by atoms with E-state index < -0.39 is 40.7 Å². The fourth-order valence-corrected chi connectivity index (χ4v) is 5.01. The molecule has 0 bridgehead atoms. The number of benzene rings is 2. The number of aromatic nitrogens is 3. The third kappa shape index (κ3) is 5.51. The summed E-state index contributed by atoms with van der Waals surface area (Å²) in [5.74, 6) is 0. The Labute approximate surface area is 215 Å². The Morgan fingerprint density at radius 2 is 1.66 bits per heavy atom. The van der Waals surface area contributed by atoms with Crippen LogP contribution in [-0.2, 0) is 28.2 Å². The van der Waals surface area contributed by atoms with E-state index in [1.54, 1.807) is 4.57 Å². The van der Waals surface area contributed by atoms with Crippen LogP contribution < -0.4 is 11.0 Å². The van der Waals surface area contributed by atoms with Crippen molar-refractivity contribution >= 4 is 0 Å². The molecule has 0 amide bonds. The Morgan fingerprint density at radius 3 is 2.13 bits per heavy atom. The van der Waals surface area contributed by atoms with Crippen LogP contribution in [0.3, 0.4) is 0 Å². The summed E-state index contributed by atoms with van der Waals surface area (Å²) in [6.45, 7) is 3.74. The minimum absolute atomic E-state index is 0.0180. The van der Waals surface area contributed by atoms with Crippen LogP contribution in [0.2, 0.25) is 0 Å². The molecule has 1 fully saturated rings. The lowest BCUT2D eigenvalue weighted by molar-refractivity contribution is -0.143. The summed E-state index contributed by atoms with van der Waals surface area (Å²) in [6.07, 6.45) is -7.81. The molecular formula is C26H28F6N4O2. The van der Waals surface area contributed by atoms with Crippen molar-refractivity contribution in [1.29, 1.82) is 0 Å². The van der Waals surface area contributed by atoms with Crippen LogP contribution in [0.1, 0.15) is 61.5 Å². The molecule has 2 heterocycles. The van der Waals surface area contributed by atoms with Crippen LogP contribution in [-0.4, -0.2) is 27.9 Å². The fourth-order valence-electron chi connectivity index (χ4n) is 5.01. The van der Waals surface area contributed by atoms with Gasteiger partial charge < -0.3 is 10.1 Å². The van der Waals surface area contributed by atoms with Crippen LogP contribution in [0.5, 0.6) is 0 Å². The van der Waals surface area contributed by atoms with Crippen LogP contribution in [0, 0.1) is 0 Å². The molecule has 0 aliphatic carbocycles. The average molecular weight is 543 g/mol. The summed E-state index contributed by atoms with van der Waals surface area (Å²) < 4.78 is 87.7. The van der Waals surface area contributed by atoms with Gasteiger partial charge in [0.15, 0.2) is 0 Å². The van der Waals surface area contributed by atoms with Crippen LogP contribution in [0.25, 0.3) is 0 Å². The molecule has 1 saturated heterocycles. The quantitative estimate of drug-likeness (QED) is 0.372. The van der Waals surface area contributed by atoms with Gasteiger partial charge in [0.25, 0.3) is 0 Å². The van der Waals surface area contributed by atoms with Crippen molar-refractivity contribution in [2.45, 2.75) is 62.6 Å². The molecule has 2 N–H and O–H groups in total. The van der Waals surface area contributed by atoms with E-state index in [0.29, 0.717) is 37.9 Å². The molecular weight excluding hydrogens is 514 g/mol. The summed E-state index contributed by atoms with van der Waals surface area (Å²) in [5.41, 5.74) is -3.81. The van der Waals surface area contributed by atoms with E-state index in [1.807, 2.05) is 37.3 Å². The average Bonchev–Trinajstić information content (AvgIpc) is 3.33. The number of alkyl halides is 6. The van der Waals surface area contributed by atoms with Gasteiger partial charge >= 0.3 is 18.0 Å². The minimum atomic E-state index is -4.94. The zero-order valence-electron chi connectivity index (χ0n) is 20.8. The van der Waals surface area contributed by atoms with E-state index in [0.717, 1.165) is 5.56 Å². The van der Waals surface area contributed by atoms with Crippen LogP contribution in [0.15, 0.2) is 59.7 Å². The van der Waals surface area contributed by atoms with Crippen molar-refractivity contribution in [1.82, 2.24) is 20.1 Å². The number of piperidine rings is 1. The zero-order chi connectivity index (χ0) is 27.8. The first-order chi connectivity index (χ1) is 17.8. The highest BCUT2D eigenvalue weighted by molar-refractivity contribution is 5.35. The first-order valence-corrected chi connectivity index (χ1v) is 12.1. The number of ether oxygens (including phenoxy) is 1. The van der Waals surface area contributed by atoms with Crippen molar-refractivity contribution in [2.24, 2.45) is 0 Å². The van der Waals surface area contributed by atoms with E-state index >= 15 is 0 Å². The second kappa shape index (κ2) is 10.2. The highest BCUT2D eigenvalue weighted by Gasteiger charge is 2.45. The normalized spacial score (nSPS) is 23.4. The molecule has 3 aromatic rings. The summed E-state index contributed by atoms with van der Waals surface area (Å²) in [7, 11) is 0. The van der Waals surface area contributed by atoms with Crippen molar-refractivity contribution in [3.05, 3.63) is 87.6 Å². The lowest BCUT2D eigenvalue weighted by atomic mass is 9.75. The molecule has 0 spiro atoms. The molecule has 4 rings (SSSR count). The van der Waals surface area contributed by atoms with Gasteiger partial charge in [-0.05, 0) is 55.5 Å². The van der Waals surface area contributed by atoms with Gasteiger partial charge in [0.1, 0.15) is 6.33 Å². The van der Waals surface area contributed by atoms with Gasteiger partial charge in [-0.15, -0.1) is 0 Å². The maximum atomic E-state index is 13.4. The Balaban J connectivity index is 1.62. The highest BCUT2D eigenvalue weighted by Crippen LogP contribution is 2.41. The number of aromatic amines is 1. The number of hydrogen-bond acceptors (Lipinski definition) is 4. The van der Waals surface area contributed by atoms with E-state index in [-0.39, 0.29) is 23.9 Å². The molecule has 206 valence electrons. The monoisotopic (exact) mass is 542 g/mol. The first kappa shape index (κ1) is 27.9. The van der Waals surface area contributed by atoms with Gasteiger partial charge in [-0.2, -0.15) is 31.4 Å². The van der Waals surface area contributed by atoms with Crippen LogP contribution in [0.4, 0.5) is 26.3 Å². The number of nitrogens with zero attached hydrogens (tertiary/aromatic N) is 2. The van der Waals surface area contributed by atoms with Gasteiger partial charge in [-0.1, -0.05) is 37.3 Å². The van der Waals surface area contributed by atoms with E-state index in [9.17, 15) is 31.1 Å². The predicted octanol–water partition coefficient (Wildman–Crippen LogP) is 5.77. The third-order valence-corrected chi connectivity index (χ3v) is 7.48. The Hall–Kier alpha value is -3.12. The third-order valence-electron chi connectivity index (χ3n) is 7.48. The van der Waals surface area contributed by atoms with Gasteiger partial charge in [0.2, 0.25) is 0 Å². The fraction of sp³-hybridized carbons (Fsp3) is 0.462. The highest BCUT2D eigenvalue weighted by atomic mass is 19.4. The van der Waals surface area contributed by atoms with E-state index in [1.165, 1.54) is 13.3 Å². The number of nitrogens with one attached hydrogen (secondary N) is 2. The lowest BCUT2D eigenvalue weighted by Crippen LogP contribution is -2.60. The predicted molar refractivity (Wildman–Crippen MR) is 127 cm³/mol. The molecule has 2 aromatic carbocycles. The van der Waals surface area contributed by atoms with Crippen molar-refractivity contribution in [2.75, 3.05) is 13.2 Å². The van der Waals surface area contributed by atoms with E-state index in [4.69, 9.17) is 4.74 Å². The molecule has 0 unspecified atom stereocenters. The summed E-state index contributed by atoms with van der Waals surface area (Å²) in [4.78, 5) is 12.3. The summed E-state index contributed by atoms with van der Waals surface area (Å²) >= 11 is 0. The Kier molecular flexibility index (Phi) is 7.50. The standard InChI is InChI=1S/C26H28F6N4O2/c1-3-23(36-16-34-35-22(36)37)9-10-24(33-14-23,19-7-5-4-6-8-19)15-38-17(2)18-11-20(25(27,28)29)13-21(12-18)26(30,31)32/h4-8,11-13,16-17,33H,3,9-10,14-15H2,1-2H3,(H,35,37)/t17-,23+,24-/m1/s1. The number of rotatable bonds is 7. The molecule has 1 aliphatic heterocycles. The summed E-state index contributed by atoms with van der Waals surface area (Å²) in [6, 6.07) is 10.8. The van der Waals surface area contributed by atoms with Gasteiger partial charge in [0.05, 0.1) is 34.9 Å². The zero-order valence-corrected chi connectivity index (χ0v) is 20.8.